The van der Waals surface area contributed by atoms with Crippen molar-refractivity contribution in [2.24, 2.45) is 0 Å². The molecule has 0 heterocycles. The SMILES string of the molecule is CCN(CC)C(=O)c1ccc(NC(=O)C2(c3cccc(Cl)c3)CCCCC2)cc1. The summed E-state index contributed by atoms with van der Waals surface area (Å²) in [6.45, 7) is 5.29. The zero-order valence-electron chi connectivity index (χ0n) is 17.2. The maximum Gasteiger partial charge on any atom is 0.253 e. The number of anilines is 1. The van der Waals surface area contributed by atoms with E-state index in [9.17, 15) is 9.59 Å². The lowest BCUT2D eigenvalue weighted by Gasteiger charge is -2.36. The Bertz CT molecular complexity index is 853. The molecule has 0 saturated heterocycles. The van der Waals surface area contributed by atoms with Crippen molar-refractivity contribution in [2.75, 3.05) is 18.4 Å². The molecule has 3 rings (SSSR count). The summed E-state index contributed by atoms with van der Waals surface area (Å²) in [5, 5.41) is 3.74. The number of nitrogens with zero attached hydrogens (tertiary/aromatic N) is 1. The summed E-state index contributed by atoms with van der Waals surface area (Å²) in [5.41, 5.74) is 1.77. The molecule has 1 fully saturated rings. The van der Waals surface area contributed by atoms with Crippen molar-refractivity contribution in [3.63, 3.8) is 0 Å². The second-order valence-corrected chi connectivity index (χ2v) is 8.10. The Morgan fingerprint density at radius 3 is 2.24 bits per heavy atom. The first-order valence-electron chi connectivity index (χ1n) is 10.5. The Labute approximate surface area is 178 Å². The highest BCUT2D eigenvalue weighted by molar-refractivity contribution is 6.30. The van der Waals surface area contributed by atoms with Gasteiger partial charge in [-0.25, -0.2) is 0 Å². The number of hydrogen-bond acceptors (Lipinski definition) is 2. The van der Waals surface area contributed by atoms with E-state index in [-0.39, 0.29) is 11.8 Å². The largest absolute Gasteiger partial charge is 0.339 e. The maximum absolute atomic E-state index is 13.4. The Morgan fingerprint density at radius 2 is 1.66 bits per heavy atom. The van der Waals surface area contributed by atoms with Gasteiger partial charge < -0.3 is 10.2 Å². The van der Waals surface area contributed by atoms with Crippen molar-refractivity contribution in [2.45, 2.75) is 51.4 Å². The van der Waals surface area contributed by atoms with Gasteiger partial charge in [-0.3, -0.25) is 9.59 Å². The lowest BCUT2D eigenvalue weighted by atomic mass is 9.68. The molecule has 0 unspecified atom stereocenters. The van der Waals surface area contributed by atoms with Gasteiger partial charge in [0.1, 0.15) is 0 Å². The van der Waals surface area contributed by atoms with Gasteiger partial charge >= 0.3 is 0 Å². The van der Waals surface area contributed by atoms with Gasteiger partial charge in [-0.2, -0.15) is 0 Å². The first-order chi connectivity index (χ1) is 14.0. The van der Waals surface area contributed by atoms with Gasteiger partial charge in [0, 0.05) is 29.4 Å². The molecule has 0 aromatic heterocycles. The van der Waals surface area contributed by atoms with E-state index in [1.165, 1.54) is 0 Å². The van der Waals surface area contributed by atoms with Crippen LogP contribution in [0.15, 0.2) is 48.5 Å². The average Bonchev–Trinajstić information content (AvgIpc) is 2.75. The van der Waals surface area contributed by atoms with Crippen LogP contribution in [0.4, 0.5) is 5.69 Å². The number of amides is 2. The topological polar surface area (TPSA) is 49.4 Å². The van der Waals surface area contributed by atoms with E-state index >= 15 is 0 Å². The van der Waals surface area contributed by atoms with E-state index in [4.69, 9.17) is 11.6 Å². The second kappa shape index (κ2) is 9.45. The molecule has 5 heteroatoms. The van der Waals surface area contributed by atoms with Crippen molar-refractivity contribution >= 4 is 29.1 Å². The zero-order valence-corrected chi connectivity index (χ0v) is 18.0. The minimum atomic E-state index is -0.557. The quantitative estimate of drug-likeness (QED) is 0.665. The summed E-state index contributed by atoms with van der Waals surface area (Å²) >= 11 is 6.22. The van der Waals surface area contributed by atoms with E-state index < -0.39 is 5.41 Å². The molecular formula is C24H29ClN2O2. The summed E-state index contributed by atoms with van der Waals surface area (Å²) in [7, 11) is 0. The van der Waals surface area contributed by atoms with Crippen molar-refractivity contribution in [1.29, 1.82) is 0 Å². The van der Waals surface area contributed by atoms with Crippen LogP contribution in [-0.2, 0) is 10.2 Å². The predicted octanol–water partition coefficient (Wildman–Crippen LogP) is 5.66. The van der Waals surface area contributed by atoms with Crippen molar-refractivity contribution in [3.8, 4) is 0 Å². The van der Waals surface area contributed by atoms with Crippen LogP contribution in [0.25, 0.3) is 0 Å². The summed E-state index contributed by atoms with van der Waals surface area (Å²) < 4.78 is 0. The van der Waals surface area contributed by atoms with Crippen LogP contribution in [-0.4, -0.2) is 29.8 Å². The van der Waals surface area contributed by atoms with Gasteiger partial charge in [-0.1, -0.05) is 43.0 Å². The molecule has 154 valence electrons. The van der Waals surface area contributed by atoms with Gasteiger partial charge in [-0.05, 0) is 68.7 Å². The van der Waals surface area contributed by atoms with Crippen LogP contribution in [0, 0.1) is 0 Å². The fraction of sp³-hybridized carbons (Fsp3) is 0.417. The summed E-state index contributed by atoms with van der Waals surface area (Å²) in [5.74, 6) is 0.0119. The standard InChI is InChI=1S/C24H29ClN2O2/c1-3-27(4-2)22(28)18-11-13-21(14-12-18)26-23(29)24(15-6-5-7-16-24)19-9-8-10-20(25)17-19/h8-14,17H,3-7,15-16H2,1-2H3,(H,26,29). The van der Waals surface area contributed by atoms with E-state index in [1.54, 1.807) is 17.0 Å². The van der Waals surface area contributed by atoms with Gasteiger partial charge in [-0.15, -0.1) is 0 Å². The number of benzene rings is 2. The number of rotatable bonds is 6. The van der Waals surface area contributed by atoms with Crippen LogP contribution in [0.1, 0.15) is 61.9 Å². The van der Waals surface area contributed by atoms with Crippen LogP contribution < -0.4 is 5.32 Å². The zero-order chi connectivity index (χ0) is 20.9. The highest BCUT2D eigenvalue weighted by atomic mass is 35.5. The summed E-state index contributed by atoms with van der Waals surface area (Å²) in [6, 6.07) is 14.8. The lowest BCUT2D eigenvalue weighted by molar-refractivity contribution is -0.122. The van der Waals surface area contributed by atoms with Gasteiger partial charge in [0.25, 0.3) is 5.91 Å². The van der Waals surface area contributed by atoms with Gasteiger partial charge in [0.15, 0.2) is 0 Å². The van der Waals surface area contributed by atoms with E-state index in [1.807, 2.05) is 50.2 Å². The Hall–Kier alpha value is -2.33. The van der Waals surface area contributed by atoms with E-state index in [2.05, 4.69) is 5.32 Å². The predicted molar refractivity (Wildman–Crippen MR) is 119 cm³/mol. The molecule has 0 spiro atoms. The molecule has 1 N–H and O–H groups in total. The molecule has 2 aromatic rings. The first kappa shape index (κ1) is 21.4. The minimum absolute atomic E-state index is 0.00212. The molecule has 0 atom stereocenters. The van der Waals surface area contributed by atoms with E-state index in [0.29, 0.717) is 29.4 Å². The molecule has 29 heavy (non-hydrogen) atoms. The molecule has 0 aliphatic heterocycles. The van der Waals surface area contributed by atoms with E-state index in [0.717, 1.165) is 37.7 Å². The maximum atomic E-state index is 13.4. The number of halogens is 1. The second-order valence-electron chi connectivity index (χ2n) is 7.66. The van der Waals surface area contributed by atoms with Crippen molar-refractivity contribution in [1.82, 2.24) is 4.90 Å². The fourth-order valence-corrected chi connectivity index (χ4v) is 4.42. The third-order valence-electron chi connectivity index (χ3n) is 5.96. The highest BCUT2D eigenvalue weighted by Gasteiger charge is 2.41. The molecule has 1 aliphatic rings. The first-order valence-corrected chi connectivity index (χ1v) is 10.8. The Kier molecular flexibility index (Phi) is 6.96. The van der Waals surface area contributed by atoms with Crippen molar-refractivity contribution in [3.05, 3.63) is 64.7 Å². The number of carbonyl (C=O) groups excluding carboxylic acids is 2. The van der Waals surface area contributed by atoms with Gasteiger partial charge in [0.05, 0.1) is 5.41 Å². The molecule has 4 nitrogen and oxygen atoms in total. The van der Waals surface area contributed by atoms with Crippen LogP contribution >= 0.6 is 11.6 Å². The molecule has 1 saturated carbocycles. The lowest BCUT2D eigenvalue weighted by Crippen LogP contribution is -2.42. The monoisotopic (exact) mass is 412 g/mol. The highest BCUT2D eigenvalue weighted by Crippen LogP contribution is 2.41. The molecule has 2 aromatic carbocycles. The number of carbonyl (C=O) groups is 2. The van der Waals surface area contributed by atoms with Gasteiger partial charge in [0.2, 0.25) is 5.91 Å². The molecular weight excluding hydrogens is 384 g/mol. The fourth-order valence-electron chi connectivity index (χ4n) is 4.23. The molecule has 0 radical (unpaired) electrons. The van der Waals surface area contributed by atoms with Crippen LogP contribution in [0.2, 0.25) is 5.02 Å². The average molecular weight is 413 g/mol. The third-order valence-corrected chi connectivity index (χ3v) is 6.19. The number of hydrogen-bond donors (Lipinski definition) is 1. The smallest absolute Gasteiger partial charge is 0.253 e. The molecule has 1 aliphatic carbocycles. The molecule has 2 amide bonds. The van der Waals surface area contributed by atoms with Crippen molar-refractivity contribution < 1.29 is 9.59 Å². The number of nitrogens with one attached hydrogen (secondary N) is 1. The molecule has 0 bridgehead atoms. The van der Waals surface area contributed by atoms with Crippen LogP contribution in [0.3, 0.4) is 0 Å². The summed E-state index contributed by atoms with van der Waals surface area (Å²) in [6.07, 6.45) is 4.83. The normalized spacial score (nSPS) is 15.6. The third kappa shape index (κ3) is 4.64. The Morgan fingerprint density at radius 1 is 1.00 bits per heavy atom. The Balaban J connectivity index is 1.81. The van der Waals surface area contributed by atoms with Crippen LogP contribution in [0.5, 0.6) is 0 Å². The minimum Gasteiger partial charge on any atom is -0.339 e. The summed E-state index contributed by atoms with van der Waals surface area (Å²) in [4.78, 5) is 27.7.